The number of carboxylic acid groups (broad SMARTS) is 1. The highest BCUT2D eigenvalue weighted by Crippen LogP contribution is 2.39. The van der Waals surface area contributed by atoms with Gasteiger partial charge in [0.1, 0.15) is 11.5 Å². The van der Waals surface area contributed by atoms with Crippen LogP contribution < -0.4 is 4.90 Å². The number of halogens is 4. The van der Waals surface area contributed by atoms with Crippen LogP contribution in [0.25, 0.3) is 17.4 Å². The Morgan fingerprint density at radius 1 is 1.12 bits per heavy atom. The highest BCUT2D eigenvalue weighted by Gasteiger charge is 2.34. The summed E-state index contributed by atoms with van der Waals surface area (Å²) in [5.41, 5.74) is -0.329. The van der Waals surface area contributed by atoms with Crippen LogP contribution in [0.2, 0.25) is 5.02 Å². The number of alkyl halides is 3. The number of hydrogen-bond acceptors (Lipinski definition) is 5. The Kier molecular flexibility index (Phi) is 6.08. The first-order valence-electron chi connectivity index (χ1n) is 9.13. The van der Waals surface area contributed by atoms with Gasteiger partial charge in [-0.05, 0) is 54.6 Å². The number of hydrogen-bond donors (Lipinski definition) is 1. The maximum Gasteiger partial charge on any atom is 0.416 e. The minimum atomic E-state index is -4.54. The number of carbonyl (C=O) groups excluding carboxylic acids is 1. The molecule has 1 N–H and O–H groups in total. The zero-order chi connectivity index (χ0) is 23.9. The van der Waals surface area contributed by atoms with Crippen LogP contribution in [-0.4, -0.2) is 21.3 Å². The fourth-order valence-electron chi connectivity index (χ4n) is 3.04. The Labute approximate surface area is 199 Å². The van der Waals surface area contributed by atoms with E-state index in [-0.39, 0.29) is 36.9 Å². The Hall–Kier alpha value is -3.08. The van der Waals surface area contributed by atoms with Crippen molar-refractivity contribution in [3.05, 3.63) is 81.4 Å². The van der Waals surface area contributed by atoms with Crippen molar-refractivity contribution in [2.45, 2.75) is 6.18 Å². The number of thioether (sulfide) groups is 1. The van der Waals surface area contributed by atoms with Gasteiger partial charge in [-0.15, -0.1) is 0 Å². The highest BCUT2D eigenvalue weighted by molar-refractivity contribution is 8.27. The Morgan fingerprint density at radius 2 is 1.82 bits per heavy atom. The monoisotopic (exact) mass is 509 g/mol. The number of furan rings is 1. The number of amides is 1. The lowest BCUT2D eigenvalue weighted by Gasteiger charge is -2.14. The maximum atomic E-state index is 13.0. The van der Waals surface area contributed by atoms with Crippen LogP contribution in [0, 0.1) is 0 Å². The van der Waals surface area contributed by atoms with Crippen molar-refractivity contribution in [1.82, 2.24) is 0 Å². The van der Waals surface area contributed by atoms with Crippen LogP contribution in [0.5, 0.6) is 0 Å². The Balaban J connectivity index is 1.61. The first-order valence-corrected chi connectivity index (χ1v) is 10.7. The first-order chi connectivity index (χ1) is 15.5. The summed E-state index contributed by atoms with van der Waals surface area (Å²) in [4.78, 5) is 25.4. The molecule has 0 atom stereocenters. The van der Waals surface area contributed by atoms with Crippen molar-refractivity contribution in [1.29, 1.82) is 0 Å². The van der Waals surface area contributed by atoms with E-state index in [1.54, 1.807) is 0 Å². The number of anilines is 1. The summed E-state index contributed by atoms with van der Waals surface area (Å²) in [5, 5.41) is 9.10. The van der Waals surface area contributed by atoms with Gasteiger partial charge < -0.3 is 9.52 Å². The zero-order valence-electron chi connectivity index (χ0n) is 16.2. The molecule has 1 aliphatic rings. The molecule has 33 heavy (non-hydrogen) atoms. The van der Waals surface area contributed by atoms with Crippen LogP contribution in [-0.2, 0) is 11.0 Å². The van der Waals surface area contributed by atoms with Gasteiger partial charge in [-0.2, -0.15) is 13.2 Å². The van der Waals surface area contributed by atoms with Gasteiger partial charge in [0.2, 0.25) is 0 Å². The maximum absolute atomic E-state index is 13.0. The van der Waals surface area contributed by atoms with Gasteiger partial charge in [0.25, 0.3) is 5.91 Å². The van der Waals surface area contributed by atoms with E-state index in [1.165, 1.54) is 47.4 Å². The van der Waals surface area contributed by atoms with Crippen LogP contribution in [0.15, 0.2) is 63.9 Å². The van der Waals surface area contributed by atoms with Gasteiger partial charge in [-0.25, -0.2) is 4.79 Å². The third-order valence-electron chi connectivity index (χ3n) is 4.63. The molecule has 1 saturated heterocycles. The second-order valence-corrected chi connectivity index (χ2v) is 8.85. The molecule has 3 aromatic rings. The van der Waals surface area contributed by atoms with Crippen molar-refractivity contribution in [2.75, 3.05) is 4.90 Å². The summed E-state index contributed by atoms with van der Waals surface area (Å²) in [7, 11) is 0. The minimum Gasteiger partial charge on any atom is -0.478 e. The first kappa shape index (κ1) is 23.1. The molecule has 11 heteroatoms. The standard InChI is InChI=1S/C22H11ClF3NO4S2/c23-16-7-3-12(22(24,25)26)9-15(16)17-8-6-14(31-17)10-18-19(28)27(21(32)33-18)13-4-1-11(2-5-13)20(29)30/h1-10H,(H,29,30)/b18-10-. The molecule has 1 aromatic heterocycles. The molecule has 5 nitrogen and oxygen atoms in total. The summed E-state index contributed by atoms with van der Waals surface area (Å²) in [6.07, 6.45) is -3.11. The average Bonchev–Trinajstić information content (AvgIpc) is 3.32. The number of thiocarbonyl (C=S) groups is 1. The topological polar surface area (TPSA) is 70.8 Å². The molecule has 0 spiro atoms. The van der Waals surface area contributed by atoms with Crippen molar-refractivity contribution >= 4 is 63.5 Å². The zero-order valence-corrected chi connectivity index (χ0v) is 18.6. The van der Waals surface area contributed by atoms with E-state index in [4.69, 9.17) is 33.3 Å². The lowest BCUT2D eigenvalue weighted by atomic mass is 10.1. The summed E-state index contributed by atoms with van der Waals surface area (Å²) in [6.45, 7) is 0. The van der Waals surface area contributed by atoms with Gasteiger partial charge in [-0.3, -0.25) is 9.69 Å². The molecule has 0 aliphatic carbocycles. The van der Waals surface area contributed by atoms with Crippen LogP contribution in [0.1, 0.15) is 21.7 Å². The van der Waals surface area contributed by atoms with Gasteiger partial charge in [0, 0.05) is 11.6 Å². The third kappa shape index (κ3) is 4.68. The number of aromatic carboxylic acids is 1. The number of carbonyl (C=O) groups is 2. The molecule has 2 heterocycles. The molecule has 1 fully saturated rings. The number of rotatable bonds is 4. The van der Waals surface area contributed by atoms with Crippen LogP contribution >= 0.6 is 35.6 Å². The number of nitrogens with zero attached hydrogens (tertiary/aromatic N) is 1. The van der Waals surface area contributed by atoms with E-state index in [9.17, 15) is 22.8 Å². The van der Waals surface area contributed by atoms with Crippen molar-refractivity contribution < 1.29 is 32.3 Å². The molecule has 0 radical (unpaired) electrons. The van der Waals surface area contributed by atoms with E-state index in [0.717, 1.165) is 30.0 Å². The third-order valence-corrected chi connectivity index (χ3v) is 6.26. The SMILES string of the molecule is O=C(O)c1ccc(N2C(=O)/C(=C/c3ccc(-c4cc(C(F)(F)F)ccc4Cl)o3)SC2=S)cc1. The predicted molar refractivity (Wildman–Crippen MR) is 123 cm³/mol. The minimum absolute atomic E-state index is 0.0658. The van der Waals surface area contributed by atoms with E-state index in [1.807, 2.05) is 0 Å². The average molecular weight is 510 g/mol. The lowest BCUT2D eigenvalue weighted by Crippen LogP contribution is -2.27. The Morgan fingerprint density at radius 3 is 2.45 bits per heavy atom. The molecule has 4 rings (SSSR count). The smallest absolute Gasteiger partial charge is 0.416 e. The van der Waals surface area contributed by atoms with Crippen molar-refractivity contribution in [3.8, 4) is 11.3 Å². The molecular weight excluding hydrogens is 499 g/mol. The fraction of sp³-hybridized carbons (Fsp3) is 0.0455. The van der Waals surface area contributed by atoms with Crippen molar-refractivity contribution in [2.24, 2.45) is 0 Å². The molecule has 0 unspecified atom stereocenters. The molecule has 0 saturated carbocycles. The largest absolute Gasteiger partial charge is 0.478 e. The molecule has 1 amide bonds. The van der Waals surface area contributed by atoms with E-state index in [0.29, 0.717) is 5.69 Å². The number of carboxylic acids is 1. The second-order valence-electron chi connectivity index (χ2n) is 6.76. The number of benzene rings is 2. The quantitative estimate of drug-likeness (QED) is 0.311. The normalized spacial score (nSPS) is 15.5. The fourth-order valence-corrected chi connectivity index (χ4v) is 4.53. The van der Waals surface area contributed by atoms with Crippen molar-refractivity contribution in [3.63, 3.8) is 0 Å². The summed E-state index contributed by atoms with van der Waals surface area (Å²) in [5.74, 6) is -1.21. The van der Waals surface area contributed by atoms with Gasteiger partial charge in [-0.1, -0.05) is 35.6 Å². The summed E-state index contributed by atoms with van der Waals surface area (Å²) in [6, 6.07) is 11.5. The molecule has 168 valence electrons. The molecule has 0 bridgehead atoms. The molecule has 2 aromatic carbocycles. The van der Waals surface area contributed by atoms with E-state index >= 15 is 0 Å². The van der Waals surface area contributed by atoms with Crippen LogP contribution in [0.4, 0.5) is 18.9 Å². The van der Waals surface area contributed by atoms with Gasteiger partial charge in [0.15, 0.2) is 4.32 Å². The summed E-state index contributed by atoms with van der Waals surface area (Å²) < 4.78 is 45.0. The van der Waals surface area contributed by atoms with Crippen LogP contribution in [0.3, 0.4) is 0 Å². The molecular formula is C22H11ClF3NO4S2. The lowest BCUT2D eigenvalue weighted by molar-refractivity contribution is -0.137. The van der Waals surface area contributed by atoms with Gasteiger partial charge in [0.05, 0.1) is 26.7 Å². The summed E-state index contributed by atoms with van der Waals surface area (Å²) >= 11 is 12.4. The Bertz CT molecular complexity index is 1320. The van der Waals surface area contributed by atoms with Gasteiger partial charge >= 0.3 is 12.1 Å². The second kappa shape index (κ2) is 8.69. The highest BCUT2D eigenvalue weighted by atomic mass is 35.5. The molecule has 1 aliphatic heterocycles. The van der Waals surface area contributed by atoms with E-state index < -0.39 is 23.6 Å². The van der Waals surface area contributed by atoms with E-state index in [2.05, 4.69) is 0 Å². The predicted octanol–water partition coefficient (Wildman–Crippen LogP) is 6.72.